The van der Waals surface area contributed by atoms with Crippen LogP contribution in [0, 0.1) is 0 Å². The summed E-state index contributed by atoms with van der Waals surface area (Å²) in [5.74, 6) is 2.02. The smallest absolute Gasteiger partial charge is 0.130 e. The predicted octanol–water partition coefficient (Wildman–Crippen LogP) is 3.07. The van der Waals surface area contributed by atoms with Crippen molar-refractivity contribution < 1.29 is 4.74 Å². The molecule has 4 heterocycles. The van der Waals surface area contributed by atoms with Crippen LogP contribution in [0.4, 0.5) is 23.0 Å². The molecule has 3 N–H and O–H groups in total. The normalized spacial score (nSPS) is 17.2. The van der Waals surface area contributed by atoms with Crippen molar-refractivity contribution in [2.45, 2.75) is 0 Å². The molecule has 2 saturated heterocycles. The Balaban J connectivity index is 1.27. The highest BCUT2D eigenvalue weighted by atomic mass is 16.5. The van der Waals surface area contributed by atoms with Gasteiger partial charge in [0.25, 0.3) is 0 Å². The molecule has 0 unspecified atom stereocenters. The summed E-state index contributed by atoms with van der Waals surface area (Å²) in [6, 6.07) is 17.0. The summed E-state index contributed by atoms with van der Waals surface area (Å²) in [6.07, 6.45) is 1.85. The average Bonchev–Trinajstić information content (AvgIpc) is 3.32. The highest BCUT2D eigenvalue weighted by molar-refractivity contribution is 5.69. The highest BCUT2D eigenvalue weighted by Crippen LogP contribution is 2.26. The van der Waals surface area contributed by atoms with Crippen molar-refractivity contribution in [1.82, 2.24) is 15.3 Å². The summed E-state index contributed by atoms with van der Waals surface area (Å²) >= 11 is 0. The molecule has 7 heteroatoms. The second kappa shape index (κ2) is 8.77. The minimum atomic E-state index is 0.797. The summed E-state index contributed by atoms with van der Waals surface area (Å²) in [6.45, 7) is 7.61. The molecule has 0 spiro atoms. The zero-order valence-electron chi connectivity index (χ0n) is 17.1. The van der Waals surface area contributed by atoms with E-state index in [0.29, 0.717) is 0 Å². The lowest BCUT2D eigenvalue weighted by molar-refractivity contribution is 0.122. The second-order valence-corrected chi connectivity index (χ2v) is 7.70. The van der Waals surface area contributed by atoms with Crippen LogP contribution in [-0.4, -0.2) is 62.5 Å². The Morgan fingerprint density at radius 1 is 0.867 bits per heavy atom. The van der Waals surface area contributed by atoms with Crippen molar-refractivity contribution in [2.24, 2.45) is 0 Å². The molecular formula is C23H28N6O. The van der Waals surface area contributed by atoms with Crippen LogP contribution in [0.15, 0.2) is 54.7 Å². The number of aromatic nitrogens is 2. The number of nitrogens with one attached hydrogen (secondary N) is 3. The van der Waals surface area contributed by atoms with Gasteiger partial charge in [0.1, 0.15) is 11.6 Å². The molecule has 2 aliphatic heterocycles. The topological polar surface area (TPSA) is 68.5 Å². The second-order valence-electron chi connectivity index (χ2n) is 7.70. The Kier molecular flexibility index (Phi) is 5.54. The number of nitrogens with zero attached hydrogens (tertiary/aromatic N) is 3. The molecule has 5 rings (SSSR count). The molecule has 1 aromatic carbocycles. The number of hydrogen-bond acceptors (Lipinski definition) is 6. The number of morpholine rings is 1. The zero-order valence-corrected chi connectivity index (χ0v) is 17.1. The van der Waals surface area contributed by atoms with E-state index in [0.717, 1.165) is 75.2 Å². The monoisotopic (exact) mass is 404 g/mol. The van der Waals surface area contributed by atoms with E-state index < -0.39 is 0 Å². The summed E-state index contributed by atoms with van der Waals surface area (Å²) < 4.78 is 5.44. The molecule has 156 valence electrons. The van der Waals surface area contributed by atoms with E-state index in [9.17, 15) is 0 Å². The Morgan fingerprint density at radius 2 is 1.67 bits per heavy atom. The molecule has 0 amide bonds. The first-order valence-corrected chi connectivity index (χ1v) is 10.7. The van der Waals surface area contributed by atoms with E-state index in [-0.39, 0.29) is 0 Å². The molecule has 2 aromatic heterocycles. The van der Waals surface area contributed by atoms with Crippen LogP contribution in [0.2, 0.25) is 0 Å². The Hall–Kier alpha value is -3.03. The van der Waals surface area contributed by atoms with Crippen LogP contribution < -0.4 is 20.4 Å². The largest absolute Gasteiger partial charge is 0.378 e. The fourth-order valence-electron chi connectivity index (χ4n) is 4.03. The number of pyridine rings is 1. The van der Waals surface area contributed by atoms with Gasteiger partial charge in [-0.2, -0.15) is 0 Å². The maximum atomic E-state index is 5.44. The Morgan fingerprint density at radius 3 is 2.47 bits per heavy atom. The minimum absolute atomic E-state index is 0.797. The standard InChI is InChI=1S/C23H28N6O/c1-3-20(28-13-15-30-16-14-28)4-2-19(1)26-22-17-18(7-8-25-22)21-5-6-23(27-21)29-11-9-24-10-12-29/h1-8,17,24,27H,9-16H2,(H,25,26). The molecule has 3 aromatic rings. The zero-order chi connectivity index (χ0) is 20.2. The SMILES string of the molecule is c1cc(-c2ccc(N3CCNCC3)[nH]2)cc(Nc2ccc(N3CCOCC3)cc2)n1. The number of benzene rings is 1. The van der Waals surface area contributed by atoms with Crippen molar-refractivity contribution in [1.29, 1.82) is 0 Å². The van der Waals surface area contributed by atoms with Gasteiger partial charge >= 0.3 is 0 Å². The first-order valence-electron chi connectivity index (χ1n) is 10.7. The fraction of sp³-hybridized carbons (Fsp3) is 0.348. The van der Waals surface area contributed by atoms with Crippen LogP contribution in [0.25, 0.3) is 11.3 Å². The van der Waals surface area contributed by atoms with E-state index in [2.05, 4.69) is 72.9 Å². The average molecular weight is 405 g/mol. The highest BCUT2D eigenvalue weighted by Gasteiger charge is 2.13. The van der Waals surface area contributed by atoms with Crippen LogP contribution >= 0.6 is 0 Å². The van der Waals surface area contributed by atoms with Gasteiger partial charge in [-0.15, -0.1) is 0 Å². The lowest BCUT2D eigenvalue weighted by Gasteiger charge is -2.28. The summed E-state index contributed by atoms with van der Waals surface area (Å²) in [7, 11) is 0. The number of rotatable bonds is 5. The van der Waals surface area contributed by atoms with E-state index in [1.54, 1.807) is 0 Å². The lowest BCUT2D eigenvalue weighted by Crippen LogP contribution is -2.43. The third-order valence-corrected chi connectivity index (χ3v) is 5.72. The van der Waals surface area contributed by atoms with Crippen molar-refractivity contribution in [2.75, 3.05) is 67.6 Å². The Labute approximate surface area is 177 Å². The van der Waals surface area contributed by atoms with Gasteiger partial charge in [-0.25, -0.2) is 4.98 Å². The maximum Gasteiger partial charge on any atom is 0.130 e. The Bertz CT molecular complexity index is 958. The van der Waals surface area contributed by atoms with Gasteiger partial charge in [-0.3, -0.25) is 0 Å². The van der Waals surface area contributed by atoms with Gasteiger partial charge in [-0.1, -0.05) is 0 Å². The molecular weight excluding hydrogens is 376 g/mol. The lowest BCUT2D eigenvalue weighted by atomic mass is 10.2. The maximum absolute atomic E-state index is 5.44. The van der Waals surface area contributed by atoms with Crippen molar-refractivity contribution in [3.05, 3.63) is 54.7 Å². The first-order chi connectivity index (χ1) is 14.8. The number of ether oxygens (including phenoxy) is 1. The number of H-pyrrole nitrogens is 1. The number of hydrogen-bond donors (Lipinski definition) is 3. The summed E-state index contributed by atoms with van der Waals surface area (Å²) in [5, 5.41) is 6.82. The third-order valence-electron chi connectivity index (χ3n) is 5.72. The van der Waals surface area contributed by atoms with Crippen LogP contribution in [-0.2, 0) is 4.74 Å². The molecule has 0 saturated carbocycles. The summed E-state index contributed by atoms with van der Waals surface area (Å²) in [5.41, 5.74) is 4.50. The quantitative estimate of drug-likeness (QED) is 0.607. The number of aromatic amines is 1. The predicted molar refractivity (Wildman–Crippen MR) is 122 cm³/mol. The van der Waals surface area contributed by atoms with Gasteiger partial charge in [0.15, 0.2) is 0 Å². The van der Waals surface area contributed by atoms with E-state index in [1.807, 2.05) is 12.3 Å². The van der Waals surface area contributed by atoms with Crippen LogP contribution in [0.1, 0.15) is 0 Å². The van der Waals surface area contributed by atoms with Crippen molar-refractivity contribution >= 4 is 23.0 Å². The van der Waals surface area contributed by atoms with Crippen LogP contribution in [0.5, 0.6) is 0 Å². The van der Waals surface area contributed by atoms with Gasteiger partial charge in [-0.05, 0) is 48.5 Å². The van der Waals surface area contributed by atoms with Gasteiger partial charge in [0.2, 0.25) is 0 Å². The van der Waals surface area contributed by atoms with Gasteiger partial charge < -0.3 is 30.2 Å². The number of anilines is 4. The van der Waals surface area contributed by atoms with Crippen molar-refractivity contribution in [3.8, 4) is 11.3 Å². The molecule has 0 atom stereocenters. The van der Waals surface area contributed by atoms with E-state index in [1.165, 1.54) is 11.5 Å². The molecule has 0 radical (unpaired) electrons. The van der Waals surface area contributed by atoms with E-state index >= 15 is 0 Å². The molecule has 7 nitrogen and oxygen atoms in total. The number of piperazine rings is 1. The molecule has 2 aliphatic rings. The van der Waals surface area contributed by atoms with Gasteiger partial charge in [0, 0.05) is 68.1 Å². The van der Waals surface area contributed by atoms with Crippen molar-refractivity contribution in [3.63, 3.8) is 0 Å². The molecule has 2 fully saturated rings. The summed E-state index contributed by atoms with van der Waals surface area (Å²) in [4.78, 5) is 12.8. The molecule has 0 aliphatic carbocycles. The third kappa shape index (κ3) is 4.27. The molecule has 0 bridgehead atoms. The van der Waals surface area contributed by atoms with Gasteiger partial charge in [0.05, 0.1) is 13.2 Å². The first kappa shape index (κ1) is 19.0. The minimum Gasteiger partial charge on any atom is -0.378 e. The van der Waals surface area contributed by atoms with Crippen LogP contribution in [0.3, 0.4) is 0 Å². The van der Waals surface area contributed by atoms with E-state index in [4.69, 9.17) is 4.74 Å². The fourth-order valence-corrected chi connectivity index (χ4v) is 4.03. The molecule has 30 heavy (non-hydrogen) atoms.